The summed E-state index contributed by atoms with van der Waals surface area (Å²) in [6.45, 7) is 4.83. The molecule has 1 aliphatic rings. The van der Waals surface area contributed by atoms with Crippen molar-refractivity contribution in [2.75, 3.05) is 13.2 Å². The van der Waals surface area contributed by atoms with Gasteiger partial charge in [-0.15, -0.1) is 0 Å². The molecule has 1 N–H and O–H groups in total. The third kappa shape index (κ3) is 1.01. The van der Waals surface area contributed by atoms with E-state index < -0.39 is 5.97 Å². The van der Waals surface area contributed by atoms with Gasteiger partial charge in [0.25, 0.3) is 0 Å². The topological polar surface area (TPSA) is 46.5 Å². The molecular weight excluding hydrogens is 132 g/mol. The minimum absolute atomic E-state index is 0.119. The summed E-state index contributed by atoms with van der Waals surface area (Å²) in [5.74, 6) is -1.02. The van der Waals surface area contributed by atoms with Crippen LogP contribution in [-0.4, -0.2) is 24.3 Å². The molecule has 0 saturated carbocycles. The Balaban J connectivity index is 2.54. The van der Waals surface area contributed by atoms with Crippen molar-refractivity contribution in [2.24, 2.45) is 11.3 Å². The molecule has 1 saturated heterocycles. The third-order valence-corrected chi connectivity index (χ3v) is 2.28. The van der Waals surface area contributed by atoms with Crippen molar-refractivity contribution in [1.29, 1.82) is 0 Å². The maximum atomic E-state index is 10.5. The summed E-state index contributed by atoms with van der Waals surface area (Å²) in [4.78, 5) is 10.5. The first-order valence-electron chi connectivity index (χ1n) is 3.37. The van der Waals surface area contributed by atoms with Crippen LogP contribution >= 0.6 is 0 Å². The maximum absolute atomic E-state index is 10.5. The second kappa shape index (κ2) is 2.23. The highest BCUT2D eigenvalue weighted by atomic mass is 16.5. The van der Waals surface area contributed by atoms with E-state index in [2.05, 4.69) is 0 Å². The molecule has 3 nitrogen and oxygen atoms in total. The molecule has 0 amide bonds. The van der Waals surface area contributed by atoms with E-state index in [1.807, 2.05) is 6.92 Å². The zero-order valence-electron chi connectivity index (χ0n) is 6.26. The fourth-order valence-electron chi connectivity index (χ4n) is 0.972. The molecule has 0 aromatic heterocycles. The molecule has 0 radical (unpaired) electrons. The van der Waals surface area contributed by atoms with E-state index in [1.165, 1.54) is 0 Å². The number of ether oxygens (including phenoxy) is 1. The first-order valence-corrected chi connectivity index (χ1v) is 3.37. The van der Waals surface area contributed by atoms with Gasteiger partial charge in [0.2, 0.25) is 0 Å². The Morgan fingerprint density at radius 3 is 2.30 bits per heavy atom. The van der Waals surface area contributed by atoms with Gasteiger partial charge in [0.05, 0.1) is 19.1 Å². The van der Waals surface area contributed by atoms with Gasteiger partial charge in [-0.1, -0.05) is 13.8 Å². The smallest absolute Gasteiger partial charge is 0.306 e. The van der Waals surface area contributed by atoms with Crippen molar-refractivity contribution >= 4 is 5.97 Å². The Morgan fingerprint density at radius 1 is 1.70 bits per heavy atom. The summed E-state index contributed by atoms with van der Waals surface area (Å²) in [5.41, 5.74) is -0.119. The van der Waals surface area contributed by atoms with Gasteiger partial charge in [-0.3, -0.25) is 4.79 Å². The summed E-state index contributed by atoms with van der Waals surface area (Å²) in [6, 6.07) is 0. The fourth-order valence-corrected chi connectivity index (χ4v) is 0.972. The number of carboxylic acids is 1. The molecule has 58 valence electrons. The minimum atomic E-state index is -0.731. The second-order valence-electron chi connectivity index (χ2n) is 3.21. The first kappa shape index (κ1) is 7.54. The number of carboxylic acid groups (broad SMARTS) is 1. The van der Waals surface area contributed by atoms with Crippen LogP contribution in [0.4, 0.5) is 0 Å². The number of hydrogen-bond donors (Lipinski definition) is 1. The average molecular weight is 144 g/mol. The number of aliphatic carboxylic acids is 1. The van der Waals surface area contributed by atoms with Crippen LogP contribution in [0.1, 0.15) is 13.8 Å². The van der Waals surface area contributed by atoms with Crippen molar-refractivity contribution in [3.05, 3.63) is 0 Å². The molecule has 10 heavy (non-hydrogen) atoms. The highest BCUT2D eigenvalue weighted by molar-refractivity contribution is 5.70. The van der Waals surface area contributed by atoms with Crippen molar-refractivity contribution in [3.63, 3.8) is 0 Å². The summed E-state index contributed by atoms with van der Waals surface area (Å²) < 4.78 is 4.95. The zero-order valence-corrected chi connectivity index (χ0v) is 6.26. The van der Waals surface area contributed by atoms with E-state index in [-0.39, 0.29) is 11.3 Å². The summed E-state index contributed by atoms with van der Waals surface area (Å²) in [6.07, 6.45) is 0. The monoisotopic (exact) mass is 144 g/mol. The predicted octanol–water partition coefficient (Wildman–Crippen LogP) is 0.744. The lowest BCUT2D eigenvalue weighted by Crippen LogP contribution is -2.47. The van der Waals surface area contributed by atoms with E-state index in [4.69, 9.17) is 9.84 Å². The third-order valence-electron chi connectivity index (χ3n) is 2.28. The van der Waals surface area contributed by atoms with E-state index in [0.29, 0.717) is 13.2 Å². The van der Waals surface area contributed by atoms with Gasteiger partial charge in [-0.05, 0) is 0 Å². The summed E-state index contributed by atoms with van der Waals surface area (Å²) in [5, 5.41) is 8.63. The maximum Gasteiger partial charge on any atom is 0.306 e. The van der Waals surface area contributed by atoms with Crippen molar-refractivity contribution < 1.29 is 14.6 Å². The molecule has 0 aromatic rings. The van der Waals surface area contributed by atoms with Crippen LogP contribution in [0.15, 0.2) is 0 Å². The zero-order chi connectivity index (χ0) is 7.78. The Labute approximate surface area is 60.0 Å². The minimum Gasteiger partial charge on any atom is -0.481 e. The molecule has 1 heterocycles. The first-order chi connectivity index (χ1) is 4.56. The van der Waals surface area contributed by atoms with Crippen LogP contribution in [-0.2, 0) is 9.53 Å². The van der Waals surface area contributed by atoms with Gasteiger partial charge in [0.15, 0.2) is 0 Å². The van der Waals surface area contributed by atoms with Crippen LogP contribution in [0.5, 0.6) is 0 Å². The van der Waals surface area contributed by atoms with Gasteiger partial charge >= 0.3 is 5.97 Å². The highest BCUT2D eigenvalue weighted by Gasteiger charge is 2.42. The predicted molar refractivity (Wildman–Crippen MR) is 35.7 cm³/mol. The molecule has 1 rings (SSSR count). The van der Waals surface area contributed by atoms with E-state index in [9.17, 15) is 4.79 Å². The van der Waals surface area contributed by atoms with Gasteiger partial charge < -0.3 is 9.84 Å². The summed E-state index contributed by atoms with van der Waals surface area (Å²) >= 11 is 0. The van der Waals surface area contributed by atoms with Crippen LogP contribution < -0.4 is 0 Å². The highest BCUT2D eigenvalue weighted by Crippen LogP contribution is 2.34. The van der Waals surface area contributed by atoms with Gasteiger partial charge in [-0.2, -0.15) is 0 Å². The average Bonchev–Trinajstić information content (AvgIpc) is 1.81. The fraction of sp³-hybridized carbons (Fsp3) is 0.857. The molecule has 3 heteroatoms. The quantitative estimate of drug-likeness (QED) is 0.621. The Kier molecular flexibility index (Phi) is 1.68. The van der Waals surface area contributed by atoms with Gasteiger partial charge in [-0.25, -0.2) is 0 Å². The molecule has 0 spiro atoms. The Hall–Kier alpha value is -0.570. The molecular formula is C7H12O3. The molecule has 1 fully saturated rings. The van der Waals surface area contributed by atoms with Crippen molar-refractivity contribution in [1.82, 2.24) is 0 Å². The molecule has 0 unspecified atom stereocenters. The van der Waals surface area contributed by atoms with Crippen LogP contribution in [0.25, 0.3) is 0 Å². The van der Waals surface area contributed by atoms with Crippen LogP contribution in [0.3, 0.4) is 0 Å². The molecule has 0 aliphatic carbocycles. The molecule has 0 bridgehead atoms. The lowest BCUT2D eigenvalue weighted by Gasteiger charge is -2.40. The number of rotatable bonds is 2. The lowest BCUT2D eigenvalue weighted by atomic mass is 9.76. The molecule has 0 aromatic carbocycles. The van der Waals surface area contributed by atoms with Gasteiger partial charge in [0, 0.05) is 5.41 Å². The number of carbonyl (C=O) groups is 1. The van der Waals surface area contributed by atoms with Crippen LogP contribution in [0.2, 0.25) is 0 Å². The second-order valence-corrected chi connectivity index (χ2v) is 3.21. The van der Waals surface area contributed by atoms with E-state index in [0.717, 1.165) is 0 Å². The SMILES string of the molecule is C[C@H](C(=O)O)C1(C)COC1. The number of hydrogen-bond acceptors (Lipinski definition) is 2. The van der Waals surface area contributed by atoms with Crippen LogP contribution in [0, 0.1) is 11.3 Å². The van der Waals surface area contributed by atoms with E-state index in [1.54, 1.807) is 6.92 Å². The van der Waals surface area contributed by atoms with Crippen molar-refractivity contribution in [3.8, 4) is 0 Å². The van der Waals surface area contributed by atoms with Gasteiger partial charge in [0.1, 0.15) is 0 Å². The normalized spacial score (nSPS) is 25.0. The van der Waals surface area contributed by atoms with E-state index >= 15 is 0 Å². The largest absolute Gasteiger partial charge is 0.481 e. The Bertz CT molecular complexity index is 149. The molecule has 1 atom stereocenters. The lowest BCUT2D eigenvalue weighted by molar-refractivity contribution is -0.168. The Morgan fingerprint density at radius 2 is 2.20 bits per heavy atom. The van der Waals surface area contributed by atoms with Crippen molar-refractivity contribution in [2.45, 2.75) is 13.8 Å². The molecule has 1 aliphatic heterocycles. The standard InChI is InChI=1S/C7H12O3/c1-5(6(8)9)7(2)3-10-4-7/h5H,3-4H2,1-2H3,(H,8,9)/t5-/m1/s1. The summed E-state index contributed by atoms with van der Waals surface area (Å²) in [7, 11) is 0.